The maximum atomic E-state index is 12.9. The minimum Gasteiger partial charge on any atom is -0.340 e. The lowest BCUT2D eigenvalue weighted by Gasteiger charge is -2.34. The summed E-state index contributed by atoms with van der Waals surface area (Å²) in [5.41, 5.74) is 1.19. The van der Waals surface area contributed by atoms with Crippen LogP contribution < -0.4 is 0 Å². The Morgan fingerprint density at radius 1 is 1.32 bits per heavy atom. The molecular weight excluding hydrogens is 296 g/mol. The van der Waals surface area contributed by atoms with Crippen molar-refractivity contribution in [2.45, 2.75) is 29.7 Å². The number of benzene rings is 1. The number of thioether (sulfide) groups is 1. The zero-order chi connectivity index (χ0) is 14.9. The number of carbonyl (C=O) groups excluding carboxylic acids is 1. The van der Waals surface area contributed by atoms with Gasteiger partial charge in [0.15, 0.2) is 0 Å². The molecule has 1 amide bonds. The fourth-order valence-electron chi connectivity index (χ4n) is 3.36. The normalized spacial score (nSPS) is 24.3. The highest BCUT2D eigenvalue weighted by Gasteiger charge is 2.34. The van der Waals surface area contributed by atoms with E-state index in [0.29, 0.717) is 0 Å². The Morgan fingerprint density at radius 3 is 3.09 bits per heavy atom. The van der Waals surface area contributed by atoms with Crippen molar-refractivity contribution in [3.8, 4) is 0 Å². The van der Waals surface area contributed by atoms with Crippen LogP contribution >= 0.6 is 11.8 Å². The van der Waals surface area contributed by atoms with Crippen LogP contribution in [0.15, 0.2) is 41.8 Å². The van der Waals surface area contributed by atoms with Crippen molar-refractivity contribution in [1.29, 1.82) is 0 Å². The summed E-state index contributed by atoms with van der Waals surface area (Å²) < 4.78 is 1.89. The largest absolute Gasteiger partial charge is 0.340 e. The van der Waals surface area contributed by atoms with Gasteiger partial charge in [-0.15, -0.1) is 11.8 Å². The molecule has 4 rings (SSSR count). The lowest BCUT2D eigenvalue weighted by molar-refractivity contribution is -0.134. The average Bonchev–Trinajstić information content (AvgIpc) is 3.24. The van der Waals surface area contributed by atoms with E-state index in [0.717, 1.165) is 31.7 Å². The number of carbonyl (C=O) groups is 1. The van der Waals surface area contributed by atoms with E-state index in [1.165, 1.54) is 10.5 Å². The number of nitrogens with zero attached hydrogens (tertiary/aromatic N) is 4. The smallest absolute Gasteiger partial charge is 0.231 e. The highest BCUT2D eigenvalue weighted by atomic mass is 32.2. The Hall–Kier alpha value is -1.82. The number of rotatable bonds is 2. The first-order chi connectivity index (χ1) is 10.8. The highest BCUT2D eigenvalue weighted by molar-refractivity contribution is 7.99. The standard InChI is InChI=1S/C16H18N4OS/c21-16(14-9-22-15-6-2-1-5-13(14)15)19-7-3-4-12(8-19)20-11-17-10-18-20/h1-2,5-6,10-12,14H,3-4,7-9H2. The molecule has 1 fully saturated rings. The molecule has 1 aromatic carbocycles. The van der Waals surface area contributed by atoms with Crippen molar-refractivity contribution in [3.63, 3.8) is 0 Å². The summed E-state index contributed by atoms with van der Waals surface area (Å²) in [7, 11) is 0. The second kappa shape index (κ2) is 5.76. The van der Waals surface area contributed by atoms with E-state index in [4.69, 9.17) is 0 Å². The number of hydrogen-bond donors (Lipinski definition) is 0. The lowest BCUT2D eigenvalue weighted by Crippen LogP contribution is -2.43. The molecule has 5 nitrogen and oxygen atoms in total. The van der Waals surface area contributed by atoms with Crippen molar-refractivity contribution < 1.29 is 4.79 Å². The predicted octanol–water partition coefficient (Wildman–Crippen LogP) is 2.33. The van der Waals surface area contributed by atoms with E-state index in [1.54, 1.807) is 24.4 Å². The van der Waals surface area contributed by atoms with E-state index in [9.17, 15) is 4.79 Å². The number of hydrogen-bond acceptors (Lipinski definition) is 4. The van der Waals surface area contributed by atoms with Crippen LogP contribution in [-0.4, -0.2) is 44.4 Å². The van der Waals surface area contributed by atoms with Crippen LogP contribution in [-0.2, 0) is 4.79 Å². The van der Waals surface area contributed by atoms with Crippen LogP contribution in [0, 0.1) is 0 Å². The summed E-state index contributed by atoms with van der Waals surface area (Å²) in [5.74, 6) is 1.14. The maximum Gasteiger partial charge on any atom is 0.231 e. The Bertz CT molecular complexity index is 673. The van der Waals surface area contributed by atoms with E-state index in [2.05, 4.69) is 22.2 Å². The molecule has 1 saturated heterocycles. The topological polar surface area (TPSA) is 51.0 Å². The molecule has 2 aliphatic heterocycles. The van der Waals surface area contributed by atoms with Gasteiger partial charge >= 0.3 is 0 Å². The van der Waals surface area contributed by atoms with Gasteiger partial charge in [0.25, 0.3) is 0 Å². The molecular formula is C16H18N4OS. The molecule has 0 aliphatic carbocycles. The summed E-state index contributed by atoms with van der Waals surface area (Å²) >= 11 is 1.79. The summed E-state index contributed by atoms with van der Waals surface area (Å²) in [6, 6.07) is 8.53. The summed E-state index contributed by atoms with van der Waals surface area (Å²) in [6.45, 7) is 1.60. The van der Waals surface area contributed by atoms with Gasteiger partial charge in [-0.1, -0.05) is 18.2 Å². The minimum absolute atomic E-state index is 0.00990. The van der Waals surface area contributed by atoms with Crippen molar-refractivity contribution >= 4 is 17.7 Å². The van der Waals surface area contributed by atoms with Crippen LogP contribution in [0.4, 0.5) is 0 Å². The molecule has 0 radical (unpaired) electrons. The van der Waals surface area contributed by atoms with Gasteiger partial charge in [0.2, 0.25) is 5.91 Å². The first-order valence-corrected chi connectivity index (χ1v) is 8.66. The van der Waals surface area contributed by atoms with Crippen LogP contribution in [0.25, 0.3) is 0 Å². The number of piperidine rings is 1. The maximum absolute atomic E-state index is 12.9. The summed E-state index contributed by atoms with van der Waals surface area (Å²) in [5, 5.41) is 4.23. The number of aromatic nitrogens is 3. The zero-order valence-corrected chi connectivity index (χ0v) is 13.1. The molecule has 2 aromatic rings. The van der Waals surface area contributed by atoms with Gasteiger partial charge in [-0.25, -0.2) is 9.67 Å². The van der Waals surface area contributed by atoms with Gasteiger partial charge in [-0.05, 0) is 24.5 Å². The fourth-order valence-corrected chi connectivity index (χ4v) is 4.58. The molecule has 22 heavy (non-hydrogen) atoms. The molecule has 2 aliphatic rings. The number of likely N-dealkylation sites (tertiary alicyclic amines) is 1. The third kappa shape index (κ3) is 2.41. The molecule has 6 heteroatoms. The predicted molar refractivity (Wildman–Crippen MR) is 84.8 cm³/mol. The van der Waals surface area contributed by atoms with Gasteiger partial charge in [-0.3, -0.25) is 4.79 Å². The molecule has 0 N–H and O–H groups in total. The van der Waals surface area contributed by atoms with Crippen LogP contribution in [0.2, 0.25) is 0 Å². The average molecular weight is 314 g/mol. The Labute approximate surface area is 133 Å². The molecule has 1 aromatic heterocycles. The van der Waals surface area contributed by atoms with Crippen molar-refractivity contribution in [2.75, 3.05) is 18.8 Å². The SMILES string of the molecule is O=C(C1CSc2ccccc21)N1CCCC(n2cncn2)C1. The zero-order valence-electron chi connectivity index (χ0n) is 12.3. The Kier molecular flexibility index (Phi) is 3.62. The van der Waals surface area contributed by atoms with Gasteiger partial charge in [0.05, 0.1) is 12.0 Å². The summed E-state index contributed by atoms with van der Waals surface area (Å²) in [6.07, 6.45) is 5.39. The molecule has 0 bridgehead atoms. The van der Waals surface area contributed by atoms with Crippen molar-refractivity contribution in [1.82, 2.24) is 19.7 Å². The van der Waals surface area contributed by atoms with Crippen molar-refractivity contribution in [2.24, 2.45) is 0 Å². The van der Waals surface area contributed by atoms with Crippen LogP contribution in [0.3, 0.4) is 0 Å². The van der Waals surface area contributed by atoms with E-state index in [1.807, 2.05) is 21.7 Å². The second-order valence-corrected chi connectivity index (χ2v) is 6.92. The third-order valence-corrected chi connectivity index (χ3v) is 5.70. The van der Waals surface area contributed by atoms with Crippen LogP contribution in [0.5, 0.6) is 0 Å². The summed E-state index contributed by atoms with van der Waals surface area (Å²) in [4.78, 5) is 20.2. The van der Waals surface area contributed by atoms with Gasteiger partial charge in [-0.2, -0.15) is 5.10 Å². The van der Waals surface area contributed by atoms with E-state index < -0.39 is 0 Å². The van der Waals surface area contributed by atoms with Gasteiger partial charge in [0.1, 0.15) is 12.7 Å². The first-order valence-electron chi connectivity index (χ1n) is 7.67. The molecule has 0 saturated carbocycles. The van der Waals surface area contributed by atoms with Gasteiger partial charge < -0.3 is 4.90 Å². The second-order valence-electron chi connectivity index (χ2n) is 5.86. The fraction of sp³-hybridized carbons (Fsp3) is 0.438. The Morgan fingerprint density at radius 2 is 2.23 bits per heavy atom. The lowest BCUT2D eigenvalue weighted by atomic mass is 9.97. The molecule has 0 spiro atoms. The number of amides is 1. The molecule has 114 valence electrons. The van der Waals surface area contributed by atoms with E-state index in [-0.39, 0.29) is 17.9 Å². The van der Waals surface area contributed by atoms with Crippen molar-refractivity contribution in [3.05, 3.63) is 42.5 Å². The molecule has 3 heterocycles. The minimum atomic E-state index is 0.00990. The Balaban J connectivity index is 1.51. The van der Waals surface area contributed by atoms with Crippen LogP contribution in [0.1, 0.15) is 30.4 Å². The molecule has 2 atom stereocenters. The quantitative estimate of drug-likeness (QED) is 0.854. The third-order valence-electron chi connectivity index (χ3n) is 4.52. The highest BCUT2D eigenvalue weighted by Crippen LogP contribution is 2.40. The van der Waals surface area contributed by atoms with E-state index >= 15 is 0 Å². The van der Waals surface area contributed by atoms with Gasteiger partial charge in [0, 0.05) is 23.7 Å². The monoisotopic (exact) mass is 314 g/mol. The number of fused-ring (bicyclic) bond motifs is 1. The molecule has 2 unspecified atom stereocenters. The first kappa shape index (κ1) is 13.8.